The third-order valence-electron chi connectivity index (χ3n) is 4.99. The molecule has 0 aliphatic heterocycles. The molecule has 7 nitrogen and oxygen atoms in total. The molecule has 0 unspecified atom stereocenters. The molecule has 1 amide bonds. The fourth-order valence-corrected chi connectivity index (χ4v) is 3.28. The Labute approximate surface area is 171 Å². The summed E-state index contributed by atoms with van der Waals surface area (Å²) in [5.41, 5.74) is 2.30. The molecule has 3 aromatic rings. The van der Waals surface area contributed by atoms with E-state index in [0.717, 1.165) is 47.5 Å². The van der Waals surface area contributed by atoms with Crippen LogP contribution in [-0.2, 0) is 6.54 Å². The highest BCUT2D eigenvalue weighted by Gasteiger charge is 2.16. The van der Waals surface area contributed by atoms with Crippen molar-refractivity contribution in [2.45, 2.75) is 33.2 Å². The van der Waals surface area contributed by atoms with Crippen LogP contribution in [0.25, 0.3) is 11.0 Å². The van der Waals surface area contributed by atoms with E-state index in [1.807, 2.05) is 40.8 Å². The SMILES string of the molecule is CCCCN(CC)C(=O)c1cnc2c(cnn2Cc2ccc(OC)cc2OC)c1. The summed E-state index contributed by atoms with van der Waals surface area (Å²) in [7, 11) is 3.26. The summed E-state index contributed by atoms with van der Waals surface area (Å²) in [5, 5.41) is 5.31. The average Bonchev–Trinajstić information content (AvgIpc) is 3.16. The number of amides is 1. The van der Waals surface area contributed by atoms with E-state index in [-0.39, 0.29) is 5.91 Å². The standard InChI is InChI=1S/C22H28N4O3/c1-5-7-10-25(6-2)22(27)18-11-17-14-24-26(21(17)23-13-18)15-16-8-9-19(28-3)12-20(16)29-4/h8-9,11-14H,5-7,10,15H2,1-4H3. The summed E-state index contributed by atoms with van der Waals surface area (Å²) < 4.78 is 12.5. The predicted molar refractivity (Wildman–Crippen MR) is 113 cm³/mol. The second kappa shape index (κ2) is 9.41. The van der Waals surface area contributed by atoms with Gasteiger partial charge in [-0.25, -0.2) is 9.67 Å². The van der Waals surface area contributed by atoms with E-state index < -0.39 is 0 Å². The minimum Gasteiger partial charge on any atom is -0.497 e. The number of fused-ring (bicyclic) bond motifs is 1. The maximum absolute atomic E-state index is 12.8. The number of unbranched alkanes of at least 4 members (excludes halogenated alkanes) is 1. The molecule has 0 aliphatic carbocycles. The van der Waals surface area contributed by atoms with Gasteiger partial charge in [0.2, 0.25) is 0 Å². The second-order valence-corrected chi connectivity index (χ2v) is 6.86. The normalized spacial score (nSPS) is 10.9. The summed E-state index contributed by atoms with van der Waals surface area (Å²) in [6.45, 7) is 6.08. The molecule has 29 heavy (non-hydrogen) atoms. The molecule has 0 fully saturated rings. The van der Waals surface area contributed by atoms with Gasteiger partial charge in [0, 0.05) is 36.3 Å². The highest BCUT2D eigenvalue weighted by molar-refractivity contribution is 5.96. The first kappa shape index (κ1) is 20.6. The molecule has 7 heteroatoms. The number of rotatable bonds is 9. The fraction of sp³-hybridized carbons (Fsp3) is 0.409. The number of nitrogens with zero attached hydrogens (tertiary/aromatic N) is 4. The van der Waals surface area contributed by atoms with Crippen molar-refractivity contribution in [3.8, 4) is 11.5 Å². The summed E-state index contributed by atoms with van der Waals surface area (Å²) >= 11 is 0. The smallest absolute Gasteiger partial charge is 0.255 e. The van der Waals surface area contributed by atoms with Crippen LogP contribution in [0.4, 0.5) is 0 Å². The Kier molecular flexibility index (Phi) is 6.69. The Hall–Kier alpha value is -3.09. The lowest BCUT2D eigenvalue weighted by Crippen LogP contribution is -2.31. The van der Waals surface area contributed by atoms with Crippen LogP contribution in [-0.4, -0.2) is 52.9 Å². The van der Waals surface area contributed by atoms with Crippen molar-refractivity contribution in [3.05, 3.63) is 47.8 Å². The molecule has 0 saturated heterocycles. The van der Waals surface area contributed by atoms with Gasteiger partial charge in [-0.1, -0.05) is 13.3 Å². The summed E-state index contributed by atoms with van der Waals surface area (Å²) in [6.07, 6.45) is 5.44. The van der Waals surface area contributed by atoms with E-state index in [1.165, 1.54) is 0 Å². The van der Waals surface area contributed by atoms with Crippen LogP contribution >= 0.6 is 0 Å². The van der Waals surface area contributed by atoms with Gasteiger partial charge in [-0.15, -0.1) is 0 Å². The third-order valence-corrected chi connectivity index (χ3v) is 4.99. The predicted octanol–water partition coefficient (Wildman–Crippen LogP) is 3.76. The largest absolute Gasteiger partial charge is 0.497 e. The minimum absolute atomic E-state index is 0.0138. The topological polar surface area (TPSA) is 69.5 Å². The van der Waals surface area contributed by atoms with Gasteiger partial charge in [-0.3, -0.25) is 4.79 Å². The van der Waals surface area contributed by atoms with Crippen LogP contribution in [0, 0.1) is 0 Å². The molecule has 3 rings (SSSR count). The fourth-order valence-electron chi connectivity index (χ4n) is 3.28. The van der Waals surface area contributed by atoms with Crippen molar-refractivity contribution in [2.75, 3.05) is 27.3 Å². The molecule has 0 aliphatic rings. The summed E-state index contributed by atoms with van der Waals surface area (Å²) in [5.74, 6) is 1.48. The van der Waals surface area contributed by atoms with Crippen molar-refractivity contribution in [2.24, 2.45) is 0 Å². The van der Waals surface area contributed by atoms with Crippen molar-refractivity contribution in [3.63, 3.8) is 0 Å². The zero-order chi connectivity index (χ0) is 20.8. The molecular weight excluding hydrogens is 368 g/mol. The first-order chi connectivity index (χ1) is 14.1. The van der Waals surface area contributed by atoms with Crippen LogP contribution in [0.15, 0.2) is 36.7 Å². The Balaban J connectivity index is 1.85. The summed E-state index contributed by atoms with van der Waals surface area (Å²) in [4.78, 5) is 19.2. The van der Waals surface area contributed by atoms with Crippen molar-refractivity contribution in [1.82, 2.24) is 19.7 Å². The molecule has 0 bridgehead atoms. The van der Waals surface area contributed by atoms with E-state index in [0.29, 0.717) is 18.7 Å². The molecule has 2 heterocycles. The Bertz CT molecular complexity index is 983. The second-order valence-electron chi connectivity index (χ2n) is 6.86. The molecule has 0 atom stereocenters. The third kappa shape index (κ3) is 4.50. The highest BCUT2D eigenvalue weighted by atomic mass is 16.5. The number of hydrogen-bond donors (Lipinski definition) is 0. The Morgan fingerprint density at radius 3 is 2.66 bits per heavy atom. The lowest BCUT2D eigenvalue weighted by Gasteiger charge is -2.20. The van der Waals surface area contributed by atoms with Crippen LogP contribution < -0.4 is 9.47 Å². The maximum atomic E-state index is 12.8. The zero-order valence-corrected chi connectivity index (χ0v) is 17.5. The van der Waals surface area contributed by atoms with Crippen LogP contribution in [0.5, 0.6) is 11.5 Å². The number of ether oxygens (including phenoxy) is 2. The number of aromatic nitrogens is 3. The van der Waals surface area contributed by atoms with Gasteiger partial charge in [0.1, 0.15) is 11.5 Å². The molecular formula is C22H28N4O3. The Morgan fingerprint density at radius 2 is 1.97 bits per heavy atom. The van der Waals surface area contributed by atoms with Gasteiger partial charge in [0.25, 0.3) is 5.91 Å². The number of methoxy groups -OCH3 is 2. The molecule has 0 spiro atoms. The average molecular weight is 396 g/mol. The van der Waals surface area contributed by atoms with Gasteiger partial charge >= 0.3 is 0 Å². The van der Waals surface area contributed by atoms with Gasteiger partial charge in [0.15, 0.2) is 5.65 Å². The summed E-state index contributed by atoms with van der Waals surface area (Å²) in [6, 6.07) is 7.56. The lowest BCUT2D eigenvalue weighted by atomic mass is 10.2. The molecule has 2 aromatic heterocycles. The quantitative estimate of drug-likeness (QED) is 0.551. The van der Waals surface area contributed by atoms with E-state index in [9.17, 15) is 4.79 Å². The zero-order valence-electron chi connectivity index (χ0n) is 17.5. The Morgan fingerprint density at radius 1 is 1.14 bits per heavy atom. The van der Waals surface area contributed by atoms with E-state index in [2.05, 4.69) is 17.0 Å². The molecule has 0 N–H and O–H groups in total. The van der Waals surface area contributed by atoms with Gasteiger partial charge in [-0.05, 0) is 31.5 Å². The van der Waals surface area contributed by atoms with Crippen LogP contribution in [0.2, 0.25) is 0 Å². The first-order valence-corrected chi connectivity index (χ1v) is 9.93. The minimum atomic E-state index is 0.0138. The molecule has 1 aromatic carbocycles. The van der Waals surface area contributed by atoms with E-state index >= 15 is 0 Å². The van der Waals surface area contributed by atoms with Crippen molar-refractivity contribution >= 4 is 16.9 Å². The molecule has 154 valence electrons. The monoisotopic (exact) mass is 396 g/mol. The van der Waals surface area contributed by atoms with E-state index in [4.69, 9.17) is 9.47 Å². The van der Waals surface area contributed by atoms with Crippen LogP contribution in [0.1, 0.15) is 42.6 Å². The van der Waals surface area contributed by atoms with Gasteiger partial charge in [-0.2, -0.15) is 5.10 Å². The highest BCUT2D eigenvalue weighted by Crippen LogP contribution is 2.26. The van der Waals surface area contributed by atoms with E-state index in [1.54, 1.807) is 26.6 Å². The number of benzene rings is 1. The van der Waals surface area contributed by atoms with Gasteiger partial charge < -0.3 is 14.4 Å². The first-order valence-electron chi connectivity index (χ1n) is 9.93. The lowest BCUT2D eigenvalue weighted by molar-refractivity contribution is 0.0762. The van der Waals surface area contributed by atoms with Crippen molar-refractivity contribution in [1.29, 1.82) is 0 Å². The van der Waals surface area contributed by atoms with Crippen molar-refractivity contribution < 1.29 is 14.3 Å². The van der Waals surface area contributed by atoms with Crippen LogP contribution in [0.3, 0.4) is 0 Å². The van der Waals surface area contributed by atoms with Gasteiger partial charge in [0.05, 0.1) is 32.5 Å². The number of hydrogen-bond acceptors (Lipinski definition) is 5. The number of carbonyl (C=O) groups excluding carboxylic acids is 1. The molecule has 0 saturated carbocycles. The number of carbonyl (C=O) groups is 1. The number of pyridine rings is 1. The maximum Gasteiger partial charge on any atom is 0.255 e. The molecule has 0 radical (unpaired) electrons.